The fourth-order valence-electron chi connectivity index (χ4n) is 6.87. The highest BCUT2D eigenvalue weighted by Gasteiger charge is 2.56. The summed E-state index contributed by atoms with van der Waals surface area (Å²) < 4.78 is 0. The first-order valence-corrected chi connectivity index (χ1v) is 9.03. The van der Waals surface area contributed by atoms with Gasteiger partial charge in [-0.15, -0.1) is 0 Å². The fraction of sp³-hybridized carbons (Fsp3) is 1.00. The van der Waals surface area contributed by atoms with Crippen molar-refractivity contribution >= 4 is 0 Å². The number of aliphatic hydroxyl groups excluding tert-OH is 1. The maximum atomic E-state index is 9.95. The Bertz CT molecular complexity index is 384. The Morgan fingerprint density at radius 2 is 1.70 bits per heavy atom. The average molecular weight is 277 g/mol. The highest BCUT2D eigenvalue weighted by molar-refractivity contribution is 5.07. The largest absolute Gasteiger partial charge is 0.393 e. The summed E-state index contributed by atoms with van der Waals surface area (Å²) in [6.07, 6.45) is 11.7. The van der Waals surface area contributed by atoms with Crippen LogP contribution in [0, 0.1) is 35.0 Å². The average Bonchev–Trinajstić information content (AvgIpc) is 2.74. The summed E-state index contributed by atoms with van der Waals surface area (Å²) in [6, 6.07) is 0.458. The van der Waals surface area contributed by atoms with Crippen LogP contribution in [-0.2, 0) is 0 Å². The smallest absolute Gasteiger partial charge is 0.0543 e. The van der Waals surface area contributed by atoms with E-state index in [1.54, 1.807) is 0 Å². The Hall–Kier alpha value is -0.0800. The summed E-state index contributed by atoms with van der Waals surface area (Å²) in [6.45, 7) is 2.49. The molecule has 4 aliphatic carbocycles. The minimum absolute atomic E-state index is 0.00144. The van der Waals surface area contributed by atoms with Crippen LogP contribution in [0.5, 0.6) is 0 Å². The van der Waals surface area contributed by atoms with E-state index in [1.807, 2.05) is 0 Å². The summed E-state index contributed by atoms with van der Waals surface area (Å²) in [5.41, 5.74) is 6.91. The molecule has 0 amide bonds. The predicted octanol–water partition coefficient (Wildman–Crippen LogP) is 3.33. The summed E-state index contributed by atoms with van der Waals surface area (Å²) in [5.74, 6) is 4.59. The van der Waals surface area contributed by atoms with Crippen LogP contribution in [0.2, 0.25) is 0 Å². The predicted molar refractivity (Wildman–Crippen MR) is 81.1 cm³/mol. The van der Waals surface area contributed by atoms with E-state index in [0.717, 1.165) is 42.4 Å². The molecule has 0 aromatic carbocycles. The van der Waals surface area contributed by atoms with Crippen molar-refractivity contribution in [2.75, 3.05) is 0 Å². The molecule has 8 atom stereocenters. The summed E-state index contributed by atoms with van der Waals surface area (Å²) in [4.78, 5) is 0. The SMILES string of the molecule is C[C@]12CC[C@H]3[C@@H](CC[C@@H]4C[C@H](O)CC[C@@H]43)[C@@H]1CC[C@@H]2N. The van der Waals surface area contributed by atoms with Gasteiger partial charge in [0.25, 0.3) is 0 Å². The Morgan fingerprint density at radius 1 is 0.900 bits per heavy atom. The van der Waals surface area contributed by atoms with Gasteiger partial charge in [-0.05, 0) is 92.8 Å². The first-order chi connectivity index (χ1) is 9.59. The van der Waals surface area contributed by atoms with Crippen molar-refractivity contribution in [2.24, 2.45) is 40.7 Å². The normalized spacial score (nSPS) is 58.6. The van der Waals surface area contributed by atoms with Crippen LogP contribution in [0.25, 0.3) is 0 Å². The van der Waals surface area contributed by atoms with Crippen molar-refractivity contribution in [3.05, 3.63) is 0 Å². The molecule has 0 heterocycles. The highest BCUT2D eigenvalue weighted by Crippen LogP contribution is 2.61. The van der Waals surface area contributed by atoms with Crippen LogP contribution in [0.4, 0.5) is 0 Å². The van der Waals surface area contributed by atoms with Gasteiger partial charge in [0.2, 0.25) is 0 Å². The van der Waals surface area contributed by atoms with Crippen LogP contribution < -0.4 is 5.73 Å². The zero-order valence-electron chi connectivity index (χ0n) is 12.9. The van der Waals surface area contributed by atoms with E-state index in [-0.39, 0.29) is 6.10 Å². The third-order valence-electron chi connectivity index (χ3n) is 8.00. The molecule has 0 unspecified atom stereocenters. The van der Waals surface area contributed by atoms with Gasteiger partial charge in [-0.2, -0.15) is 0 Å². The number of rotatable bonds is 0. The third-order valence-corrected chi connectivity index (χ3v) is 8.00. The molecule has 0 aliphatic heterocycles. The van der Waals surface area contributed by atoms with E-state index in [2.05, 4.69) is 6.92 Å². The lowest BCUT2D eigenvalue weighted by atomic mass is 9.50. The molecule has 4 fully saturated rings. The lowest BCUT2D eigenvalue weighted by Gasteiger charge is -2.55. The number of aliphatic hydroxyl groups is 1. The topological polar surface area (TPSA) is 46.2 Å². The van der Waals surface area contributed by atoms with E-state index in [0.29, 0.717) is 11.5 Å². The molecule has 0 spiro atoms. The van der Waals surface area contributed by atoms with Gasteiger partial charge in [-0.25, -0.2) is 0 Å². The van der Waals surface area contributed by atoms with E-state index >= 15 is 0 Å². The number of fused-ring (bicyclic) bond motifs is 5. The molecule has 2 heteroatoms. The molecule has 0 aromatic rings. The second-order valence-electron chi connectivity index (χ2n) is 8.63. The zero-order chi connectivity index (χ0) is 13.9. The molecular formula is C18H31NO. The van der Waals surface area contributed by atoms with Gasteiger partial charge in [-0.1, -0.05) is 6.92 Å². The standard InChI is InChI=1S/C18H31NO/c1-18-9-8-14-13-5-3-12(20)10-11(13)2-4-15(14)16(18)6-7-17(18)19/h11-17,20H,2-10,19H2,1H3/t11-,12-,13+,14-,15-,16+,17+,18+/m1/s1. The molecule has 2 nitrogen and oxygen atoms in total. The van der Waals surface area contributed by atoms with Gasteiger partial charge in [0, 0.05) is 6.04 Å². The van der Waals surface area contributed by atoms with Gasteiger partial charge >= 0.3 is 0 Å². The van der Waals surface area contributed by atoms with Crippen LogP contribution in [-0.4, -0.2) is 17.3 Å². The van der Waals surface area contributed by atoms with E-state index in [9.17, 15) is 5.11 Å². The minimum atomic E-state index is 0.00144. The van der Waals surface area contributed by atoms with E-state index < -0.39 is 0 Å². The Morgan fingerprint density at radius 3 is 2.55 bits per heavy atom. The monoisotopic (exact) mass is 277 g/mol. The third kappa shape index (κ3) is 1.83. The van der Waals surface area contributed by atoms with Crippen molar-refractivity contribution in [3.8, 4) is 0 Å². The van der Waals surface area contributed by atoms with Crippen LogP contribution in [0.1, 0.15) is 64.7 Å². The fourth-order valence-corrected chi connectivity index (χ4v) is 6.87. The quantitative estimate of drug-likeness (QED) is 0.713. The Balaban J connectivity index is 1.57. The second-order valence-corrected chi connectivity index (χ2v) is 8.63. The molecule has 4 rings (SSSR count). The molecule has 0 saturated heterocycles. The maximum absolute atomic E-state index is 9.95. The minimum Gasteiger partial charge on any atom is -0.393 e. The van der Waals surface area contributed by atoms with Gasteiger partial charge in [-0.3, -0.25) is 0 Å². The van der Waals surface area contributed by atoms with Gasteiger partial charge in [0.15, 0.2) is 0 Å². The molecule has 3 N–H and O–H groups in total. The van der Waals surface area contributed by atoms with Crippen molar-refractivity contribution in [1.82, 2.24) is 0 Å². The lowest BCUT2D eigenvalue weighted by Crippen LogP contribution is -2.51. The van der Waals surface area contributed by atoms with Crippen molar-refractivity contribution in [1.29, 1.82) is 0 Å². The summed E-state index contributed by atoms with van der Waals surface area (Å²) in [7, 11) is 0. The Labute approximate surface area is 123 Å². The molecule has 0 bridgehead atoms. The first-order valence-electron chi connectivity index (χ1n) is 9.03. The van der Waals surface area contributed by atoms with Crippen LogP contribution >= 0.6 is 0 Å². The van der Waals surface area contributed by atoms with Crippen molar-refractivity contribution < 1.29 is 5.11 Å². The van der Waals surface area contributed by atoms with Crippen LogP contribution in [0.15, 0.2) is 0 Å². The second kappa shape index (κ2) is 4.71. The van der Waals surface area contributed by atoms with Crippen molar-refractivity contribution in [2.45, 2.75) is 76.9 Å². The highest BCUT2D eigenvalue weighted by atomic mass is 16.3. The molecule has 0 aromatic heterocycles. The zero-order valence-corrected chi connectivity index (χ0v) is 12.9. The molecule has 4 saturated carbocycles. The maximum Gasteiger partial charge on any atom is 0.0543 e. The Kier molecular flexibility index (Phi) is 3.20. The number of nitrogens with two attached hydrogens (primary N) is 1. The van der Waals surface area contributed by atoms with E-state index in [1.165, 1.54) is 44.9 Å². The van der Waals surface area contributed by atoms with Gasteiger partial charge < -0.3 is 10.8 Å². The molecule has 4 aliphatic rings. The molecule has 20 heavy (non-hydrogen) atoms. The first kappa shape index (κ1) is 13.6. The molecule has 114 valence electrons. The van der Waals surface area contributed by atoms with Gasteiger partial charge in [0.05, 0.1) is 6.10 Å². The van der Waals surface area contributed by atoms with Gasteiger partial charge in [0.1, 0.15) is 0 Å². The summed E-state index contributed by atoms with van der Waals surface area (Å²) in [5, 5.41) is 9.95. The lowest BCUT2D eigenvalue weighted by molar-refractivity contribution is -0.0703. The van der Waals surface area contributed by atoms with Crippen LogP contribution in [0.3, 0.4) is 0 Å². The molecular weight excluding hydrogens is 246 g/mol. The van der Waals surface area contributed by atoms with Crippen molar-refractivity contribution in [3.63, 3.8) is 0 Å². The number of hydrogen-bond acceptors (Lipinski definition) is 2. The summed E-state index contributed by atoms with van der Waals surface area (Å²) >= 11 is 0. The van der Waals surface area contributed by atoms with E-state index in [4.69, 9.17) is 5.73 Å². The molecule has 0 radical (unpaired) electrons. The number of hydrogen-bond donors (Lipinski definition) is 2.